The van der Waals surface area contributed by atoms with Crippen LogP contribution in [0.4, 0.5) is 14.6 Å². The highest BCUT2D eigenvalue weighted by Crippen LogP contribution is 2.35. The molecule has 3 rings (SSSR count). The van der Waals surface area contributed by atoms with Crippen molar-refractivity contribution in [3.05, 3.63) is 30.1 Å². The lowest BCUT2D eigenvalue weighted by Gasteiger charge is -2.25. The maximum absolute atomic E-state index is 13.0. The standard InChI is InChI=1S/C13H14F2N4/c1-8-11(9-2-5-16-6-3-9)18-19-10(12(14)15)4-7-17-13(8)19/h2-3,5-6,10,12,17H,4,7H2,1H3. The van der Waals surface area contributed by atoms with Gasteiger partial charge in [-0.05, 0) is 25.5 Å². The summed E-state index contributed by atoms with van der Waals surface area (Å²) in [5.41, 5.74) is 2.53. The zero-order valence-corrected chi connectivity index (χ0v) is 10.5. The lowest BCUT2D eigenvalue weighted by atomic mass is 10.1. The summed E-state index contributed by atoms with van der Waals surface area (Å²) >= 11 is 0. The Morgan fingerprint density at radius 2 is 2.11 bits per heavy atom. The number of fused-ring (bicyclic) bond motifs is 1. The Kier molecular flexibility index (Phi) is 2.93. The smallest absolute Gasteiger partial charge is 0.260 e. The number of anilines is 1. The van der Waals surface area contributed by atoms with Gasteiger partial charge in [0.25, 0.3) is 6.43 Å². The van der Waals surface area contributed by atoms with Gasteiger partial charge in [0.15, 0.2) is 0 Å². The lowest BCUT2D eigenvalue weighted by Crippen LogP contribution is -2.28. The summed E-state index contributed by atoms with van der Waals surface area (Å²) in [6.45, 7) is 2.45. The molecule has 2 aromatic rings. The molecule has 0 spiro atoms. The quantitative estimate of drug-likeness (QED) is 0.907. The average molecular weight is 264 g/mol. The molecule has 2 aromatic heterocycles. The van der Waals surface area contributed by atoms with Crippen molar-refractivity contribution in [2.45, 2.75) is 25.8 Å². The molecule has 0 amide bonds. The molecule has 4 nitrogen and oxygen atoms in total. The van der Waals surface area contributed by atoms with Crippen molar-refractivity contribution in [1.29, 1.82) is 0 Å². The Balaban J connectivity index is 2.10. The molecule has 3 heterocycles. The fourth-order valence-corrected chi connectivity index (χ4v) is 2.45. The Morgan fingerprint density at radius 3 is 2.79 bits per heavy atom. The first-order valence-corrected chi connectivity index (χ1v) is 6.20. The van der Waals surface area contributed by atoms with Crippen molar-refractivity contribution < 1.29 is 8.78 Å². The van der Waals surface area contributed by atoms with Crippen molar-refractivity contribution in [2.75, 3.05) is 11.9 Å². The first kappa shape index (κ1) is 12.1. The van der Waals surface area contributed by atoms with Gasteiger partial charge in [0.1, 0.15) is 11.9 Å². The zero-order chi connectivity index (χ0) is 13.4. The zero-order valence-electron chi connectivity index (χ0n) is 10.5. The van der Waals surface area contributed by atoms with Crippen LogP contribution in [0.25, 0.3) is 11.3 Å². The summed E-state index contributed by atoms with van der Waals surface area (Å²) in [5.74, 6) is 0.698. The second-order valence-corrected chi connectivity index (χ2v) is 4.62. The van der Waals surface area contributed by atoms with Crippen molar-refractivity contribution in [1.82, 2.24) is 14.8 Å². The molecule has 6 heteroatoms. The molecule has 1 N–H and O–H groups in total. The van der Waals surface area contributed by atoms with E-state index in [9.17, 15) is 8.78 Å². The second-order valence-electron chi connectivity index (χ2n) is 4.62. The van der Waals surface area contributed by atoms with Crippen LogP contribution in [0.1, 0.15) is 18.0 Å². The van der Waals surface area contributed by atoms with Crippen molar-refractivity contribution >= 4 is 5.82 Å². The summed E-state index contributed by atoms with van der Waals surface area (Å²) in [5, 5.41) is 7.53. The third-order valence-electron chi connectivity index (χ3n) is 3.44. The van der Waals surface area contributed by atoms with Crippen LogP contribution in [0.2, 0.25) is 0 Å². The van der Waals surface area contributed by atoms with Gasteiger partial charge in [0, 0.05) is 30.1 Å². The van der Waals surface area contributed by atoms with Gasteiger partial charge in [-0.3, -0.25) is 4.98 Å². The van der Waals surface area contributed by atoms with E-state index in [1.54, 1.807) is 12.4 Å². The van der Waals surface area contributed by atoms with Crippen LogP contribution >= 0.6 is 0 Å². The Bertz CT molecular complexity index is 580. The number of nitrogens with zero attached hydrogens (tertiary/aromatic N) is 3. The van der Waals surface area contributed by atoms with Crippen LogP contribution in [0.5, 0.6) is 0 Å². The van der Waals surface area contributed by atoms with E-state index in [-0.39, 0.29) is 0 Å². The molecule has 1 unspecified atom stereocenters. The highest BCUT2D eigenvalue weighted by atomic mass is 19.3. The predicted molar refractivity (Wildman–Crippen MR) is 68.3 cm³/mol. The highest BCUT2D eigenvalue weighted by molar-refractivity contribution is 5.68. The minimum atomic E-state index is -2.40. The van der Waals surface area contributed by atoms with Gasteiger partial charge in [-0.1, -0.05) is 0 Å². The molecule has 0 aliphatic carbocycles. The van der Waals surface area contributed by atoms with Crippen LogP contribution < -0.4 is 5.32 Å². The van der Waals surface area contributed by atoms with Crippen LogP contribution in [0.3, 0.4) is 0 Å². The monoisotopic (exact) mass is 264 g/mol. The largest absolute Gasteiger partial charge is 0.370 e. The fraction of sp³-hybridized carbons (Fsp3) is 0.385. The second kappa shape index (κ2) is 4.60. The molecule has 19 heavy (non-hydrogen) atoms. The summed E-state index contributed by atoms with van der Waals surface area (Å²) < 4.78 is 27.5. The number of nitrogens with one attached hydrogen (secondary N) is 1. The van der Waals surface area contributed by atoms with E-state index in [1.165, 1.54) is 4.68 Å². The number of hydrogen-bond donors (Lipinski definition) is 1. The van der Waals surface area contributed by atoms with E-state index in [1.807, 2.05) is 19.1 Å². The van der Waals surface area contributed by atoms with Crippen molar-refractivity contribution in [3.63, 3.8) is 0 Å². The van der Waals surface area contributed by atoms with Crippen molar-refractivity contribution in [3.8, 4) is 11.3 Å². The summed E-state index contributed by atoms with van der Waals surface area (Å²) in [7, 11) is 0. The molecule has 100 valence electrons. The van der Waals surface area contributed by atoms with Crippen LogP contribution in [-0.4, -0.2) is 27.7 Å². The maximum Gasteiger partial charge on any atom is 0.260 e. The molecule has 0 saturated heterocycles. The molecule has 0 fully saturated rings. The van der Waals surface area contributed by atoms with Gasteiger partial charge in [-0.2, -0.15) is 5.10 Å². The topological polar surface area (TPSA) is 42.7 Å². The summed E-state index contributed by atoms with van der Waals surface area (Å²) in [6, 6.07) is 2.82. The fourth-order valence-electron chi connectivity index (χ4n) is 2.45. The Labute approximate surface area is 109 Å². The number of pyridine rings is 1. The third-order valence-corrected chi connectivity index (χ3v) is 3.44. The highest BCUT2D eigenvalue weighted by Gasteiger charge is 2.30. The first-order valence-electron chi connectivity index (χ1n) is 6.20. The van der Waals surface area contributed by atoms with Crippen LogP contribution in [0.15, 0.2) is 24.5 Å². The van der Waals surface area contributed by atoms with E-state index in [2.05, 4.69) is 15.4 Å². The van der Waals surface area contributed by atoms with Gasteiger partial charge in [-0.15, -0.1) is 0 Å². The minimum Gasteiger partial charge on any atom is -0.370 e. The van der Waals surface area contributed by atoms with Crippen LogP contribution in [0, 0.1) is 6.92 Å². The van der Waals surface area contributed by atoms with Crippen molar-refractivity contribution in [2.24, 2.45) is 0 Å². The molecule has 0 radical (unpaired) electrons. The van der Waals surface area contributed by atoms with Gasteiger partial charge in [0.05, 0.1) is 5.69 Å². The first-order chi connectivity index (χ1) is 9.18. The van der Waals surface area contributed by atoms with Gasteiger partial charge < -0.3 is 5.32 Å². The SMILES string of the molecule is Cc1c(-c2ccncc2)nn2c1NCCC2C(F)F. The van der Waals surface area contributed by atoms with Gasteiger partial charge in [-0.25, -0.2) is 13.5 Å². The Hall–Kier alpha value is -1.98. The molecule has 0 bridgehead atoms. The number of alkyl halides is 2. The van der Waals surface area contributed by atoms with E-state index >= 15 is 0 Å². The third kappa shape index (κ3) is 1.97. The maximum atomic E-state index is 13.0. The number of hydrogen-bond acceptors (Lipinski definition) is 3. The van der Waals surface area contributed by atoms with Crippen LogP contribution in [-0.2, 0) is 0 Å². The number of aromatic nitrogens is 3. The van der Waals surface area contributed by atoms with E-state index in [4.69, 9.17) is 0 Å². The van der Waals surface area contributed by atoms with Gasteiger partial charge >= 0.3 is 0 Å². The van der Waals surface area contributed by atoms with Gasteiger partial charge in [0.2, 0.25) is 0 Å². The van der Waals surface area contributed by atoms with E-state index in [0.29, 0.717) is 18.8 Å². The number of rotatable bonds is 2. The molecule has 0 saturated carbocycles. The summed E-state index contributed by atoms with van der Waals surface area (Å²) in [6.07, 6.45) is 1.34. The normalized spacial score (nSPS) is 18.2. The minimum absolute atomic E-state index is 0.390. The van der Waals surface area contributed by atoms with E-state index < -0.39 is 12.5 Å². The molecule has 0 aromatic carbocycles. The molecule has 1 aliphatic rings. The molecule has 1 aliphatic heterocycles. The number of halogens is 2. The predicted octanol–water partition coefficient (Wildman–Crippen LogP) is 2.88. The molecular weight excluding hydrogens is 250 g/mol. The lowest BCUT2D eigenvalue weighted by molar-refractivity contribution is 0.0716. The summed E-state index contributed by atoms with van der Waals surface area (Å²) in [4.78, 5) is 3.96. The molecule has 1 atom stereocenters. The Morgan fingerprint density at radius 1 is 1.37 bits per heavy atom. The molecular formula is C13H14F2N4. The average Bonchev–Trinajstić information content (AvgIpc) is 2.77. The van der Waals surface area contributed by atoms with E-state index in [0.717, 1.165) is 16.8 Å².